The second-order valence-corrected chi connectivity index (χ2v) is 7.59. The molecule has 0 unspecified atom stereocenters. The summed E-state index contributed by atoms with van der Waals surface area (Å²) >= 11 is 9.68. The Hall–Kier alpha value is 0.180. The van der Waals surface area contributed by atoms with E-state index in [0.717, 1.165) is 12.8 Å². The predicted molar refractivity (Wildman–Crippen MR) is 115 cm³/mol. The highest BCUT2D eigenvalue weighted by atomic mass is 32.1. The zero-order chi connectivity index (χ0) is 16.8. The molecule has 0 aromatic carbocycles. The van der Waals surface area contributed by atoms with Crippen molar-refractivity contribution in [3.05, 3.63) is 0 Å². The molecule has 0 fully saturated rings. The van der Waals surface area contributed by atoms with Crippen LogP contribution < -0.4 is 0 Å². The van der Waals surface area contributed by atoms with Gasteiger partial charge in [0.15, 0.2) is 0 Å². The van der Waals surface area contributed by atoms with E-state index >= 15 is 0 Å². The molecule has 0 amide bonds. The maximum Gasteiger partial charge on any atom is -0.0210 e. The van der Waals surface area contributed by atoms with E-state index in [0.29, 0.717) is 0 Å². The minimum atomic E-state index is 1.13. The monoisotopic (exact) mass is 356 g/mol. The molecule has 0 nitrogen and oxygen atoms in total. The zero-order valence-corrected chi connectivity index (χ0v) is 17.0. The van der Waals surface area contributed by atoms with Gasteiger partial charge in [-0.05, 0) is 36.4 Å². The molecule has 0 rings (SSSR count). The molecule has 0 spiro atoms. The first-order valence-corrected chi connectivity index (χ1v) is 11.2. The number of hydrogen-bond donors (Lipinski definition) is 0. The van der Waals surface area contributed by atoms with E-state index in [4.69, 9.17) is 24.4 Å². The lowest BCUT2D eigenvalue weighted by Crippen LogP contribution is -1.84. The zero-order valence-electron chi connectivity index (χ0n) is 15.4. The highest BCUT2D eigenvalue weighted by Crippen LogP contribution is 2.14. The standard InChI is InChI=1S/C21H40S2/c22-20-18-16-14-12-10-8-6-4-2-1-3-5-7-9-11-13-15-17-19-21-23/h20-21H,1-19H2. The fourth-order valence-electron chi connectivity index (χ4n) is 3.11. The lowest BCUT2D eigenvalue weighted by Gasteiger charge is -2.03. The maximum absolute atomic E-state index is 4.84. The van der Waals surface area contributed by atoms with Gasteiger partial charge in [0.2, 0.25) is 0 Å². The van der Waals surface area contributed by atoms with Crippen molar-refractivity contribution in [3.63, 3.8) is 0 Å². The third kappa shape index (κ3) is 22.2. The van der Waals surface area contributed by atoms with E-state index in [9.17, 15) is 0 Å². The number of rotatable bonds is 20. The quantitative estimate of drug-likeness (QED) is 0.159. The first kappa shape index (κ1) is 23.2. The van der Waals surface area contributed by atoms with Crippen molar-refractivity contribution in [1.29, 1.82) is 0 Å². The van der Waals surface area contributed by atoms with Crippen LogP contribution >= 0.6 is 24.4 Å². The first-order valence-electron chi connectivity index (χ1n) is 10.3. The van der Waals surface area contributed by atoms with Crippen LogP contribution in [0.15, 0.2) is 0 Å². The van der Waals surface area contributed by atoms with Gasteiger partial charge in [0.05, 0.1) is 0 Å². The Bertz CT molecular complexity index is 214. The highest BCUT2D eigenvalue weighted by molar-refractivity contribution is 7.79. The summed E-state index contributed by atoms with van der Waals surface area (Å²) in [4.78, 5) is 0. The molecule has 0 heterocycles. The van der Waals surface area contributed by atoms with Crippen molar-refractivity contribution in [1.82, 2.24) is 0 Å². The summed E-state index contributed by atoms with van der Waals surface area (Å²) in [6.45, 7) is 0. The van der Waals surface area contributed by atoms with Crippen LogP contribution in [-0.2, 0) is 0 Å². The van der Waals surface area contributed by atoms with E-state index < -0.39 is 0 Å². The van der Waals surface area contributed by atoms with Crippen LogP contribution in [0.5, 0.6) is 0 Å². The molecule has 0 N–H and O–H groups in total. The molecule has 0 aromatic rings. The summed E-state index contributed by atoms with van der Waals surface area (Å²) < 4.78 is 0. The summed E-state index contributed by atoms with van der Waals surface area (Å²) in [6.07, 6.45) is 26.4. The van der Waals surface area contributed by atoms with Crippen molar-refractivity contribution in [2.24, 2.45) is 0 Å². The molecule has 136 valence electrons. The van der Waals surface area contributed by atoms with E-state index in [2.05, 4.69) is 0 Å². The molecule has 0 saturated heterocycles. The van der Waals surface area contributed by atoms with Crippen LogP contribution in [0.1, 0.15) is 122 Å². The minimum Gasteiger partial charge on any atom is -0.0935 e. The van der Waals surface area contributed by atoms with Gasteiger partial charge in [-0.2, -0.15) is 0 Å². The van der Waals surface area contributed by atoms with Crippen LogP contribution in [0.2, 0.25) is 0 Å². The summed E-state index contributed by atoms with van der Waals surface area (Å²) in [7, 11) is 0. The molecule has 0 atom stereocenters. The molecule has 0 aliphatic heterocycles. The maximum atomic E-state index is 4.84. The molecule has 23 heavy (non-hydrogen) atoms. The van der Waals surface area contributed by atoms with Gasteiger partial charge in [-0.25, -0.2) is 0 Å². The summed E-state index contributed by atoms with van der Waals surface area (Å²) in [5, 5.41) is 3.76. The number of unbranched alkanes of at least 4 members (excludes halogenated alkanes) is 18. The Labute approximate surface area is 157 Å². The molecular formula is C21H40S2. The molecule has 0 radical (unpaired) electrons. The van der Waals surface area contributed by atoms with Crippen molar-refractivity contribution >= 4 is 35.2 Å². The average molecular weight is 357 g/mol. The Morgan fingerprint density at radius 3 is 0.652 bits per heavy atom. The van der Waals surface area contributed by atoms with Gasteiger partial charge in [0, 0.05) is 0 Å². The topological polar surface area (TPSA) is 0 Å². The average Bonchev–Trinajstić information content (AvgIpc) is 2.57. The van der Waals surface area contributed by atoms with Gasteiger partial charge in [0.25, 0.3) is 0 Å². The van der Waals surface area contributed by atoms with Crippen molar-refractivity contribution in [2.75, 3.05) is 0 Å². The second kappa shape index (κ2) is 22.2. The molecule has 0 aliphatic rings. The van der Waals surface area contributed by atoms with Gasteiger partial charge in [0.1, 0.15) is 0 Å². The first-order chi connectivity index (χ1) is 11.4. The Morgan fingerprint density at radius 1 is 0.304 bits per heavy atom. The molecule has 0 saturated carbocycles. The van der Waals surface area contributed by atoms with Crippen molar-refractivity contribution in [3.8, 4) is 0 Å². The Morgan fingerprint density at radius 2 is 0.478 bits per heavy atom. The minimum absolute atomic E-state index is 1.13. The van der Waals surface area contributed by atoms with E-state index in [1.807, 2.05) is 10.7 Å². The predicted octanol–water partition coefficient (Wildman–Crippen LogP) is 8.40. The molecular weight excluding hydrogens is 316 g/mol. The van der Waals surface area contributed by atoms with E-state index in [1.54, 1.807) is 0 Å². The summed E-state index contributed by atoms with van der Waals surface area (Å²) in [5.41, 5.74) is 0. The van der Waals surface area contributed by atoms with Gasteiger partial charge >= 0.3 is 0 Å². The highest BCUT2D eigenvalue weighted by Gasteiger charge is 1.94. The summed E-state index contributed by atoms with van der Waals surface area (Å²) in [6, 6.07) is 0. The van der Waals surface area contributed by atoms with Crippen LogP contribution in [0, 0.1) is 0 Å². The lowest BCUT2D eigenvalue weighted by atomic mass is 10.0. The number of hydrogen-bond acceptors (Lipinski definition) is 2. The van der Waals surface area contributed by atoms with Crippen LogP contribution in [0.25, 0.3) is 0 Å². The molecule has 0 aromatic heterocycles. The van der Waals surface area contributed by atoms with Crippen LogP contribution in [-0.4, -0.2) is 10.7 Å². The second-order valence-electron chi connectivity index (χ2n) is 6.92. The van der Waals surface area contributed by atoms with E-state index in [-0.39, 0.29) is 0 Å². The van der Waals surface area contributed by atoms with Gasteiger partial charge < -0.3 is 0 Å². The van der Waals surface area contributed by atoms with Crippen LogP contribution in [0.3, 0.4) is 0 Å². The largest absolute Gasteiger partial charge is 0.0935 e. The van der Waals surface area contributed by atoms with Crippen molar-refractivity contribution in [2.45, 2.75) is 122 Å². The fourth-order valence-corrected chi connectivity index (χ4v) is 3.44. The van der Waals surface area contributed by atoms with E-state index in [1.165, 1.54) is 109 Å². The van der Waals surface area contributed by atoms with Gasteiger partial charge in [-0.15, -0.1) is 0 Å². The molecule has 2 heteroatoms. The molecule has 0 bridgehead atoms. The van der Waals surface area contributed by atoms with Crippen LogP contribution in [0.4, 0.5) is 0 Å². The summed E-state index contributed by atoms with van der Waals surface area (Å²) in [5.74, 6) is 0. The van der Waals surface area contributed by atoms with Crippen molar-refractivity contribution < 1.29 is 0 Å². The fraction of sp³-hybridized carbons (Fsp3) is 0.905. The smallest absolute Gasteiger partial charge is 0.0210 e. The Balaban J connectivity index is 2.94. The third-order valence-electron chi connectivity index (χ3n) is 4.64. The SMILES string of the molecule is S=CCCCCCCCCCCCCCCCCCCCC=S. The van der Waals surface area contributed by atoms with Gasteiger partial charge in [-0.3, -0.25) is 0 Å². The third-order valence-corrected chi connectivity index (χ3v) is 5.12. The Kier molecular flexibility index (Phi) is 22.4. The molecule has 0 aliphatic carbocycles. The van der Waals surface area contributed by atoms with Gasteiger partial charge in [-0.1, -0.05) is 121 Å². The number of thiocarbonyl (C=S) groups is 2. The lowest BCUT2D eigenvalue weighted by molar-refractivity contribution is 0.527. The normalized spacial score (nSPS) is 10.8.